The first-order valence-electron chi connectivity index (χ1n) is 18.2. The van der Waals surface area contributed by atoms with Gasteiger partial charge in [0.15, 0.2) is 0 Å². The van der Waals surface area contributed by atoms with Crippen molar-refractivity contribution in [2.45, 2.75) is 12.8 Å². The molecule has 52 heavy (non-hydrogen) atoms. The number of para-hydroxylation sites is 3. The first kappa shape index (κ1) is 30.2. The summed E-state index contributed by atoms with van der Waals surface area (Å²) in [4.78, 5) is 2.35. The highest BCUT2D eigenvalue weighted by molar-refractivity contribution is 6.15. The van der Waals surface area contributed by atoms with Crippen molar-refractivity contribution in [2.24, 2.45) is 0 Å². The lowest BCUT2D eigenvalue weighted by molar-refractivity contribution is 0.991. The molecule has 0 amide bonds. The average molecular weight is 665 g/mol. The number of allylic oxidation sites excluding steroid dienone is 1. The van der Waals surface area contributed by atoms with Gasteiger partial charge in [0.25, 0.3) is 0 Å². The van der Waals surface area contributed by atoms with Crippen molar-refractivity contribution in [3.05, 3.63) is 199 Å². The van der Waals surface area contributed by atoms with E-state index in [4.69, 9.17) is 0 Å². The second kappa shape index (κ2) is 12.6. The van der Waals surface area contributed by atoms with Crippen LogP contribution >= 0.6 is 0 Å². The Balaban J connectivity index is 1.09. The van der Waals surface area contributed by atoms with Gasteiger partial charge < -0.3 is 9.47 Å². The van der Waals surface area contributed by atoms with Crippen LogP contribution in [-0.4, -0.2) is 4.57 Å². The molecule has 0 aliphatic heterocycles. The van der Waals surface area contributed by atoms with Crippen molar-refractivity contribution in [2.75, 3.05) is 4.90 Å². The normalized spacial score (nSPS) is 12.4. The quantitative estimate of drug-likeness (QED) is 0.172. The summed E-state index contributed by atoms with van der Waals surface area (Å²) < 4.78 is 2.43. The standard InChI is InChI=1S/C50H36N2/c1-3-16-38(17-4-1)51(40-30-26-36(27-31-40)43-24-13-15-35-14-7-8-20-42(35)43)41-32-28-37(29-33-41)47-34-49-50(45-22-10-9-21-44(45)47)46-23-11-12-25-48(46)52(49)39-18-5-2-6-19-39/h1-8,10-20,22-34H,9,21H2. The molecule has 9 aromatic rings. The van der Waals surface area contributed by atoms with Gasteiger partial charge in [0, 0.05) is 33.5 Å². The van der Waals surface area contributed by atoms with E-state index in [1.165, 1.54) is 71.6 Å². The molecule has 0 N–H and O–H groups in total. The van der Waals surface area contributed by atoms with Crippen molar-refractivity contribution < 1.29 is 0 Å². The van der Waals surface area contributed by atoms with Gasteiger partial charge in [0.2, 0.25) is 0 Å². The minimum atomic E-state index is 1.03. The molecule has 10 rings (SSSR count). The molecule has 0 unspecified atom stereocenters. The van der Waals surface area contributed by atoms with E-state index < -0.39 is 0 Å². The third-order valence-electron chi connectivity index (χ3n) is 10.6. The van der Waals surface area contributed by atoms with Gasteiger partial charge in [-0.25, -0.2) is 0 Å². The van der Waals surface area contributed by atoms with Gasteiger partial charge in [-0.3, -0.25) is 0 Å². The van der Waals surface area contributed by atoms with Crippen molar-refractivity contribution in [3.63, 3.8) is 0 Å². The van der Waals surface area contributed by atoms with Gasteiger partial charge in [-0.15, -0.1) is 0 Å². The monoisotopic (exact) mass is 664 g/mol. The van der Waals surface area contributed by atoms with E-state index in [0.29, 0.717) is 0 Å². The SMILES string of the molecule is C1=Cc2c(c(-c3ccc(N(c4ccccc4)c4ccc(-c5cccc6ccccc56)cc4)cc3)cc3c2c2ccccc2n3-c2ccccc2)CC1. The molecule has 1 aromatic heterocycles. The first-order chi connectivity index (χ1) is 25.8. The molecule has 2 heteroatoms. The predicted molar refractivity (Wildman–Crippen MR) is 221 cm³/mol. The van der Waals surface area contributed by atoms with Gasteiger partial charge in [-0.05, 0) is 118 Å². The summed E-state index contributed by atoms with van der Waals surface area (Å²) in [5.74, 6) is 0. The Labute approximate surface area is 304 Å². The van der Waals surface area contributed by atoms with Crippen LogP contribution in [0.5, 0.6) is 0 Å². The molecule has 0 saturated heterocycles. The number of anilines is 3. The van der Waals surface area contributed by atoms with Gasteiger partial charge >= 0.3 is 0 Å². The number of aromatic nitrogens is 1. The molecule has 1 heterocycles. The Morgan fingerprint density at radius 1 is 0.462 bits per heavy atom. The van der Waals surface area contributed by atoms with Crippen LogP contribution in [0.4, 0.5) is 17.1 Å². The van der Waals surface area contributed by atoms with Crippen LogP contribution in [0.25, 0.3) is 66.6 Å². The first-order valence-corrected chi connectivity index (χ1v) is 18.2. The zero-order chi connectivity index (χ0) is 34.4. The molecule has 1 aliphatic rings. The van der Waals surface area contributed by atoms with Crippen molar-refractivity contribution in [3.8, 4) is 27.9 Å². The summed E-state index contributed by atoms with van der Waals surface area (Å²) in [5.41, 5.74) is 14.8. The Morgan fingerprint density at radius 3 is 1.81 bits per heavy atom. The van der Waals surface area contributed by atoms with Gasteiger partial charge in [0.05, 0.1) is 11.0 Å². The molecule has 246 valence electrons. The van der Waals surface area contributed by atoms with Crippen molar-refractivity contribution in [1.29, 1.82) is 0 Å². The summed E-state index contributed by atoms with van der Waals surface area (Å²) >= 11 is 0. The second-order valence-electron chi connectivity index (χ2n) is 13.6. The number of hydrogen-bond donors (Lipinski definition) is 0. The zero-order valence-corrected chi connectivity index (χ0v) is 28.8. The Bertz CT molecular complexity index is 2750. The molecule has 2 nitrogen and oxygen atoms in total. The van der Waals surface area contributed by atoms with E-state index >= 15 is 0 Å². The highest BCUT2D eigenvalue weighted by Crippen LogP contribution is 2.43. The molecule has 8 aromatic carbocycles. The van der Waals surface area contributed by atoms with E-state index in [0.717, 1.165) is 29.9 Å². The molecular weight excluding hydrogens is 629 g/mol. The minimum Gasteiger partial charge on any atom is -0.311 e. The Morgan fingerprint density at radius 2 is 1.06 bits per heavy atom. The van der Waals surface area contributed by atoms with Crippen LogP contribution in [0.3, 0.4) is 0 Å². The van der Waals surface area contributed by atoms with E-state index in [9.17, 15) is 0 Å². The summed E-state index contributed by atoms with van der Waals surface area (Å²) in [7, 11) is 0. The fraction of sp³-hybridized carbons (Fsp3) is 0.0400. The average Bonchev–Trinajstić information content (AvgIpc) is 3.56. The van der Waals surface area contributed by atoms with Crippen LogP contribution < -0.4 is 4.90 Å². The smallest absolute Gasteiger partial charge is 0.0553 e. The highest BCUT2D eigenvalue weighted by atomic mass is 15.1. The fourth-order valence-electron chi connectivity index (χ4n) is 8.28. The summed E-state index contributed by atoms with van der Waals surface area (Å²) in [6.45, 7) is 0. The van der Waals surface area contributed by atoms with Crippen LogP contribution in [0, 0.1) is 0 Å². The van der Waals surface area contributed by atoms with Crippen LogP contribution in [-0.2, 0) is 6.42 Å². The van der Waals surface area contributed by atoms with Gasteiger partial charge in [0.1, 0.15) is 0 Å². The van der Waals surface area contributed by atoms with E-state index in [2.05, 4.69) is 204 Å². The van der Waals surface area contributed by atoms with Gasteiger partial charge in [-0.1, -0.05) is 133 Å². The number of fused-ring (bicyclic) bond motifs is 6. The van der Waals surface area contributed by atoms with E-state index in [-0.39, 0.29) is 0 Å². The fourth-order valence-corrected chi connectivity index (χ4v) is 8.28. The Kier molecular flexibility index (Phi) is 7.32. The lowest BCUT2D eigenvalue weighted by Crippen LogP contribution is -2.09. The summed E-state index contributed by atoms with van der Waals surface area (Å²) in [6.07, 6.45) is 6.78. The third kappa shape index (κ3) is 5.03. The maximum absolute atomic E-state index is 2.44. The van der Waals surface area contributed by atoms with E-state index in [1.54, 1.807) is 0 Å². The molecule has 0 spiro atoms. The largest absolute Gasteiger partial charge is 0.311 e. The summed E-state index contributed by atoms with van der Waals surface area (Å²) in [6, 6.07) is 66.1. The highest BCUT2D eigenvalue weighted by Gasteiger charge is 2.22. The maximum atomic E-state index is 2.44. The Hall–Kier alpha value is -6.64. The molecule has 0 saturated carbocycles. The third-order valence-corrected chi connectivity index (χ3v) is 10.6. The number of rotatable bonds is 6. The van der Waals surface area contributed by atoms with Crippen LogP contribution in [0.15, 0.2) is 188 Å². The predicted octanol–water partition coefficient (Wildman–Crippen LogP) is 13.7. The zero-order valence-electron chi connectivity index (χ0n) is 28.8. The minimum absolute atomic E-state index is 1.03. The number of nitrogens with zero attached hydrogens (tertiary/aromatic N) is 2. The summed E-state index contributed by atoms with van der Waals surface area (Å²) in [5, 5.41) is 5.17. The molecule has 0 radical (unpaired) electrons. The topological polar surface area (TPSA) is 8.17 Å². The molecule has 1 aliphatic carbocycles. The lowest BCUT2D eigenvalue weighted by atomic mass is 9.86. The van der Waals surface area contributed by atoms with Crippen molar-refractivity contribution >= 4 is 55.7 Å². The van der Waals surface area contributed by atoms with Gasteiger partial charge in [-0.2, -0.15) is 0 Å². The van der Waals surface area contributed by atoms with Crippen LogP contribution in [0.1, 0.15) is 17.5 Å². The number of hydrogen-bond acceptors (Lipinski definition) is 1. The maximum Gasteiger partial charge on any atom is 0.0553 e. The van der Waals surface area contributed by atoms with E-state index in [1.807, 2.05) is 0 Å². The second-order valence-corrected chi connectivity index (χ2v) is 13.6. The number of benzene rings is 8. The lowest BCUT2D eigenvalue weighted by Gasteiger charge is -2.26. The van der Waals surface area contributed by atoms with Crippen molar-refractivity contribution in [1.82, 2.24) is 4.57 Å². The van der Waals surface area contributed by atoms with Crippen LogP contribution in [0.2, 0.25) is 0 Å². The molecule has 0 bridgehead atoms. The molecule has 0 fully saturated rings. The molecular formula is C50H36N2. The molecule has 0 atom stereocenters.